The van der Waals surface area contributed by atoms with Crippen molar-refractivity contribution in [3.05, 3.63) is 29.6 Å². The fourth-order valence-corrected chi connectivity index (χ4v) is 0.862. The number of hydrogen-bond donors (Lipinski definition) is 3. The zero-order chi connectivity index (χ0) is 8.27. The second kappa shape index (κ2) is 3.32. The van der Waals surface area contributed by atoms with Crippen molar-refractivity contribution in [2.75, 3.05) is 5.43 Å². The van der Waals surface area contributed by atoms with E-state index in [9.17, 15) is 4.39 Å². The number of rotatable bonds is 2. The molecular formula is C7H9FN2O. The van der Waals surface area contributed by atoms with Crippen LogP contribution in [-0.4, -0.2) is 5.11 Å². The Morgan fingerprint density at radius 3 is 2.73 bits per heavy atom. The van der Waals surface area contributed by atoms with Crippen molar-refractivity contribution in [2.24, 2.45) is 5.84 Å². The van der Waals surface area contributed by atoms with Gasteiger partial charge in [-0.3, -0.25) is 5.84 Å². The molecule has 0 unspecified atom stereocenters. The summed E-state index contributed by atoms with van der Waals surface area (Å²) >= 11 is 0. The van der Waals surface area contributed by atoms with E-state index in [0.29, 0.717) is 5.56 Å². The van der Waals surface area contributed by atoms with E-state index < -0.39 is 5.82 Å². The lowest BCUT2D eigenvalue weighted by atomic mass is 10.2. The summed E-state index contributed by atoms with van der Waals surface area (Å²) in [7, 11) is 0. The van der Waals surface area contributed by atoms with Gasteiger partial charge in [0.15, 0.2) is 0 Å². The summed E-state index contributed by atoms with van der Waals surface area (Å²) in [5.41, 5.74) is 2.78. The lowest BCUT2D eigenvalue weighted by molar-refractivity contribution is 0.282. The number of benzene rings is 1. The molecule has 0 bridgehead atoms. The van der Waals surface area contributed by atoms with Crippen LogP contribution in [0.15, 0.2) is 18.2 Å². The molecule has 0 saturated heterocycles. The van der Waals surface area contributed by atoms with Crippen molar-refractivity contribution in [1.29, 1.82) is 0 Å². The molecule has 0 radical (unpaired) electrons. The molecule has 0 heterocycles. The second-order valence-electron chi connectivity index (χ2n) is 2.08. The lowest BCUT2D eigenvalue weighted by Gasteiger charge is -2.05. The van der Waals surface area contributed by atoms with Crippen molar-refractivity contribution < 1.29 is 9.50 Å². The SMILES string of the molecule is NNc1c(F)cccc1CO. The molecule has 0 saturated carbocycles. The number of nitrogen functional groups attached to an aromatic ring is 1. The number of para-hydroxylation sites is 1. The molecule has 0 atom stereocenters. The Kier molecular flexibility index (Phi) is 2.40. The Morgan fingerprint density at radius 1 is 1.55 bits per heavy atom. The molecule has 1 aromatic carbocycles. The van der Waals surface area contributed by atoms with Crippen LogP contribution in [0, 0.1) is 5.82 Å². The summed E-state index contributed by atoms with van der Waals surface area (Å²) in [6.45, 7) is -0.225. The first kappa shape index (κ1) is 7.97. The third-order valence-electron chi connectivity index (χ3n) is 1.41. The maximum absolute atomic E-state index is 12.8. The molecule has 4 heteroatoms. The molecule has 11 heavy (non-hydrogen) atoms. The van der Waals surface area contributed by atoms with E-state index in [2.05, 4.69) is 5.43 Å². The molecule has 1 rings (SSSR count). The van der Waals surface area contributed by atoms with Crippen LogP contribution in [-0.2, 0) is 6.61 Å². The van der Waals surface area contributed by atoms with E-state index in [0.717, 1.165) is 0 Å². The maximum Gasteiger partial charge on any atom is 0.147 e. The summed E-state index contributed by atoms with van der Waals surface area (Å²) in [5.74, 6) is 4.57. The largest absolute Gasteiger partial charge is 0.392 e. The molecule has 0 aliphatic heterocycles. The van der Waals surface area contributed by atoms with Crippen LogP contribution in [0.5, 0.6) is 0 Å². The molecule has 0 aliphatic rings. The van der Waals surface area contributed by atoms with Crippen LogP contribution < -0.4 is 11.3 Å². The normalized spacial score (nSPS) is 9.73. The molecule has 0 aromatic heterocycles. The maximum atomic E-state index is 12.8. The predicted octanol–water partition coefficient (Wildman–Crippen LogP) is 0.604. The van der Waals surface area contributed by atoms with Crippen LogP contribution in [0.2, 0.25) is 0 Å². The average Bonchev–Trinajstić information content (AvgIpc) is 2.04. The van der Waals surface area contributed by atoms with Gasteiger partial charge in [-0.25, -0.2) is 4.39 Å². The standard InChI is InChI=1S/C7H9FN2O/c8-6-3-1-2-5(4-11)7(6)10-9/h1-3,10-11H,4,9H2. The number of nitrogens with two attached hydrogens (primary N) is 1. The fraction of sp³-hybridized carbons (Fsp3) is 0.143. The van der Waals surface area contributed by atoms with Gasteiger partial charge in [0.1, 0.15) is 5.82 Å². The Hall–Kier alpha value is -1.13. The molecule has 0 fully saturated rings. The Balaban J connectivity index is 3.13. The number of halogens is 1. The number of anilines is 1. The Bertz CT molecular complexity index is 252. The summed E-state index contributed by atoms with van der Waals surface area (Å²) in [5, 5.41) is 8.71. The van der Waals surface area contributed by atoms with Gasteiger partial charge in [-0.2, -0.15) is 0 Å². The third kappa shape index (κ3) is 1.47. The van der Waals surface area contributed by atoms with Gasteiger partial charge < -0.3 is 10.5 Å². The molecule has 4 N–H and O–H groups in total. The van der Waals surface area contributed by atoms with Gasteiger partial charge in [0.25, 0.3) is 0 Å². The van der Waals surface area contributed by atoms with Crippen molar-refractivity contribution >= 4 is 5.69 Å². The van der Waals surface area contributed by atoms with Crippen molar-refractivity contribution in [3.8, 4) is 0 Å². The highest BCUT2D eigenvalue weighted by molar-refractivity contribution is 5.50. The van der Waals surface area contributed by atoms with Crippen molar-refractivity contribution in [2.45, 2.75) is 6.61 Å². The highest BCUT2D eigenvalue weighted by atomic mass is 19.1. The van der Waals surface area contributed by atoms with E-state index in [1.807, 2.05) is 0 Å². The number of aliphatic hydroxyl groups excluding tert-OH is 1. The van der Waals surface area contributed by atoms with E-state index >= 15 is 0 Å². The van der Waals surface area contributed by atoms with Crippen LogP contribution in [0.1, 0.15) is 5.56 Å². The van der Waals surface area contributed by atoms with Gasteiger partial charge in [0.05, 0.1) is 12.3 Å². The third-order valence-corrected chi connectivity index (χ3v) is 1.41. The average molecular weight is 156 g/mol. The first-order chi connectivity index (χ1) is 5.29. The predicted molar refractivity (Wildman–Crippen MR) is 40.1 cm³/mol. The molecule has 1 aromatic rings. The zero-order valence-electron chi connectivity index (χ0n) is 5.84. The van der Waals surface area contributed by atoms with Crippen LogP contribution >= 0.6 is 0 Å². The fourth-order valence-electron chi connectivity index (χ4n) is 0.862. The number of hydrogen-bond acceptors (Lipinski definition) is 3. The van der Waals surface area contributed by atoms with E-state index in [1.165, 1.54) is 12.1 Å². The van der Waals surface area contributed by atoms with Gasteiger partial charge in [-0.15, -0.1) is 0 Å². The Morgan fingerprint density at radius 2 is 2.27 bits per heavy atom. The van der Waals surface area contributed by atoms with Gasteiger partial charge >= 0.3 is 0 Å². The molecule has 0 amide bonds. The van der Waals surface area contributed by atoms with Crippen molar-refractivity contribution in [3.63, 3.8) is 0 Å². The number of nitrogens with one attached hydrogen (secondary N) is 1. The molecular weight excluding hydrogens is 147 g/mol. The monoisotopic (exact) mass is 156 g/mol. The van der Waals surface area contributed by atoms with Crippen LogP contribution in [0.25, 0.3) is 0 Å². The first-order valence-corrected chi connectivity index (χ1v) is 3.14. The minimum absolute atomic E-state index is 0.148. The topological polar surface area (TPSA) is 58.3 Å². The Labute approximate surface area is 63.6 Å². The van der Waals surface area contributed by atoms with Crippen LogP contribution in [0.4, 0.5) is 10.1 Å². The minimum atomic E-state index is -0.459. The van der Waals surface area contributed by atoms with Gasteiger partial charge in [-0.1, -0.05) is 12.1 Å². The highest BCUT2D eigenvalue weighted by Crippen LogP contribution is 2.17. The van der Waals surface area contributed by atoms with Crippen molar-refractivity contribution in [1.82, 2.24) is 0 Å². The smallest absolute Gasteiger partial charge is 0.147 e. The summed E-state index contributed by atoms with van der Waals surface area (Å²) in [6.07, 6.45) is 0. The van der Waals surface area contributed by atoms with Gasteiger partial charge in [0.2, 0.25) is 0 Å². The quantitative estimate of drug-likeness (QED) is 0.434. The summed E-state index contributed by atoms with van der Waals surface area (Å²) < 4.78 is 12.8. The molecule has 60 valence electrons. The van der Waals surface area contributed by atoms with E-state index in [4.69, 9.17) is 10.9 Å². The van der Waals surface area contributed by atoms with Gasteiger partial charge in [-0.05, 0) is 6.07 Å². The van der Waals surface area contributed by atoms with Crippen LogP contribution in [0.3, 0.4) is 0 Å². The number of aliphatic hydroxyl groups is 1. The summed E-state index contributed by atoms with van der Waals surface area (Å²) in [4.78, 5) is 0. The first-order valence-electron chi connectivity index (χ1n) is 3.14. The molecule has 0 aliphatic carbocycles. The molecule has 0 spiro atoms. The number of hydrazine groups is 1. The van der Waals surface area contributed by atoms with Gasteiger partial charge in [0, 0.05) is 5.56 Å². The minimum Gasteiger partial charge on any atom is -0.392 e. The highest BCUT2D eigenvalue weighted by Gasteiger charge is 2.04. The molecule has 3 nitrogen and oxygen atoms in total. The second-order valence-corrected chi connectivity index (χ2v) is 2.08. The van der Waals surface area contributed by atoms with E-state index in [1.54, 1.807) is 6.07 Å². The summed E-state index contributed by atoms with van der Waals surface area (Å²) in [6, 6.07) is 4.38. The zero-order valence-corrected chi connectivity index (χ0v) is 5.84. The van der Waals surface area contributed by atoms with E-state index in [-0.39, 0.29) is 12.3 Å². The lowest BCUT2D eigenvalue weighted by Crippen LogP contribution is -2.11.